The van der Waals surface area contributed by atoms with Crippen LogP contribution in [-0.4, -0.2) is 30.8 Å². The highest BCUT2D eigenvalue weighted by atomic mass is 35.5. The molecule has 6 bridgehead atoms. The van der Waals surface area contributed by atoms with Crippen molar-refractivity contribution < 1.29 is 4.74 Å². The monoisotopic (exact) mass is 492 g/mol. The van der Waals surface area contributed by atoms with Crippen LogP contribution >= 0.6 is 23.2 Å². The first-order chi connectivity index (χ1) is 15.6. The van der Waals surface area contributed by atoms with Crippen LogP contribution in [0.3, 0.4) is 0 Å². The van der Waals surface area contributed by atoms with E-state index in [-0.39, 0.29) is 5.54 Å². The van der Waals surface area contributed by atoms with Gasteiger partial charge in [-0.1, -0.05) is 43.1 Å². The average molecular weight is 494 g/mol. The summed E-state index contributed by atoms with van der Waals surface area (Å²) in [4.78, 5) is 0. The lowest BCUT2D eigenvalue weighted by Gasteiger charge is -2.64. The summed E-state index contributed by atoms with van der Waals surface area (Å²) in [5.74, 6) is 2.01. The van der Waals surface area contributed by atoms with Gasteiger partial charge in [-0.25, -0.2) is 0 Å². The van der Waals surface area contributed by atoms with Crippen LogP contribution in [-0.2, 0) is 4.74 Å². The maximum atomic E-state index is 6.49. The highest BCUT2D eigenvalue weighted by Crippen LogP contribution is 2.65. The van der Waals surface area contributed by atoms with E-state index in [4.69, 9.17) is 33.7 Å². The first-order valence-corrected chi connectivity index (χ1v) is 13.9. The third-order valence-electron chi connectivity index (χ3n) is 9.40. The number of hydrogen-bond donors (Lipinski definition) is 2. The molecule has 5 heteroatoms. The van der Waals surface area contributed by atoms with Crippen LogP contribution in [0.25, 0.3) is 0 Å². The molecule has 0 spiro atoms. The second-order valence-electron chi connectivity index (χ2n) is 12.9. The molecule has 0 amide bonds. The number of hydrogen-bond acceptors (Lipinski definition) is 3. The fourth-order valence-corrected chi connectivity index (χ4v) is 9.59. The lowest BCUT2D eigenvalue weighted by atomic mass is 9.43. The van der Waals surface area contributed by atoms with Gasteiger partial charge in [0, 0.05) is 30.1 Å². The molecule has 6 fully saturated rings. The predicted molar refractivity (Wildman–Crippen MR) is 138 cm³/mol. The zero-order valence-electron chi connectivity index (χ0n) is 20.6. The number of benzene rings is 1. The van der Waals surface area contributed by atoms with Crippen LogP contribution in [0.5, 0.6) is 0 Å². The largest absolute Gasteiger partial charge is 0.381 e. The molecular formula is C28H42Cl2N2O. The summed E-state index contributed by atoms with van der Waals surface area (Å²) in [6.07, 6.45) is 12.0. The molecular weight excluding hydrogens is 451 g/mol. The molecule has 1 aromatic rings. The smallest absolute Gasteiger partial charge is 0.0595 e. The molecule has 33 heavy (non-hydrogen) atoms. The van der Waals surface area contributed by atoms with Gasteiger partial charge in [-0.05, 0) is 105 Å². The molecule has 8 atom stereocenters. The quantitative estimate of drug-likeness (QED) is 0.477. The van der Waals surface area contributed by atoms with Crippen LogP contribution in [0.15, 0.2) is 18.2 Å². The number of rotatable bonds is 4. The number of ether oxygens (including phenoxy) is 1. The average Bonchev–Trinajstić information content (AvgIpc) is 3.08. The van der Waals surface area contributed by atoms with Gasteiger partial charge in [0.25, 0.3) is 0 Å². The number of halogens is 2. The van der Waals surface area contributed by atoms with Crippen molar-refractivity contribution in [2.45, 2.75) is 102 Å². The van der Waals surface area contributed by atoms with Crippen LogP contribution in [0.2, 0.25) is 10.0 Å². The highest BCUT2D eigenvalue weighted by Gasteiger charge is 2.58. The van der Waals surface area contributed by atoms with Crippen LogP contribution < -0.4 is 11.1 Å². The summed E-state index contributed by atoms with van der Waals surface area (Å²) < 4.78 is 5.73. The summed E-state index contributed by atoms with van der Waals surface area (Å²) in [7, 11) is 0. The molecule has 4 saturated carbocycles. The Kier molecular flexibility index (Phi) is 6.62. The molecule has 2 saturated heterocycles. The number of piperidine rings is 1. The van der Waals surface area contributed by atoms with Gasteiger partial charge in [0.2, 0.25) is 0 Å². The van der Waals surface area contributed by atoms with Gasteiger partial charge < -0.3 is 15.8 Å². The Morgan fingerprint density at radius 2 is 1.76 bits per heavy atom. The fourth-order valence-electron chi connectivity index (χ4n) is 9.28. The van der Waals surface area contributed by atoms with Crippen molar-refractivity contribution in [2.24, 2.45) is 28.4 Å². The minimum Gasteiger partial charge on any atom is -0.381 e. The van der Waals surface area contributed by atoms with Gasteiger partial charge in [0.05, 0.1) is 16.7 Å². The zero-order chi connectivity index (χ0) is 23.4. The summed E-state index contributed by atoms with van der Waals surface area (Å²) >= 11 is 12.2. The van der Waals surface area contributed by atoms with E-state index in [2.05, 4.69) is 32.2 Å². The summed E-state index contributed by atoms with van der Waals surface area (Å²) in [5.41, 5.74) is 9.22. The van der Waals surface area contributed by atoms with Gasteiger partial charge in [0.15, 0.2) is 0 Å². The van der Waals surface area contributed by atoms with Crippen molar-refractivity contribution in [3.63, 3.8) is 0 Å². The van der Waals surface area contributed by atoms with Crippen LogP contribution in [0.4, 0.5) is 0 Å². The van der Waals surface area contributed by atoms with Crippen molar-refractivity contribution in [1.82, 2.24) is 5.32 Å². The molecule has 4 aliphatic carbocycles. The van der Waals surface area contributed by atoms with Crippen molar-refractivity contribution in [2.75, 3.05) is 13.2 Å². The number of nitrogens with one attached hydrogen (secondary N) is 1. The molecule has 2 aliphatic heterocycles. The Labute approximate surface area is 210 Å². The summed E-state index contributed by atoms with van der Waals surface area (Å²) in [6, 6.07) is 7.32. The van der Waals surface area contributed by atoms with Gasteiger partial charge in [-0.2, -0.15) is 0 Å². The molecule has 2 heterocycles. The molecule has 3 N–H and O–H groups in total. The van der Waals surface area contributed by atoms with E-state index in [0.717, 1.165) is 19.1 Å². The Balaban J connectivity index is 0.000000151. The standard InChI is InChI=1S/C16H21Cl2NO.C12H21N/c1-2-20-9-13-12(8-11-4-6-16(13)19-11)10-3-5-14(17)15(18)7-10;1-10-3-9-4-11(2,6-10)8-12(13,5-9)7-10/h3,5,7,11-13,16,19H,2,4,6,8-9H2,1H3;9H,3-8,13H2,1-2H3/t11-,12+,13+,16+;9?,10-,11+,12?/m0./s1. The first-order valence-electron chi connectivity index (χ1n) is 13.2. The van der Waals surface area contributed by atoms with Crippen molar-refractivity contribution in [1.29, 1.82) is 0 Å². The summed E-state index contributed by atoms with van der Waals surface area (Å²) in [6.45, 7) is 8.60. The molecule has 2 unspecified atom stereocenters. The van der Waals surface area contributed by atoms with E-state index in [9.17, 15) is 0 Å². The zero-order valence-corrected chi connectivity index (χ0v) is 22.2. The topological polar surface area (TPSA) is 47.3 Å². The third-order valence-corrected chi connectivity index (χ3v) is 10.1. The van der Waals surface area contributed by atoms with Crippen molar-refractivity contribution in [3.05, 3.63) is 33.8 Å². The number of nitrogens with two attached hydrogens (primary N) is 1. The molecule has 6 aliphatic rings. The van der Waals surface area contributed by atoms with Gasteiger partial charge >= 0.3 is 0 Å². The van der Waals surface area contributed by atoms with E-state index in [1.54, 1.807) is 0 Å². The SMILES string of the molecule is CCOC[C@@H]1[C@@H](c2ccc(Cl)c(Cl)c2)C[C@@H]2CC[C@H]1N2.C[C@]12CC3CC(N)(C1)C[C@@](C)(C3)C2. The van der Waals surface area contributed by atoms with Crippen molar-refractivity contribution >= 4 is 23.2 Å². The maximum Gasteiger partial charge on any atom is 0.0595 e. The molecule has 7 rings (SSSR count). The minimum absolute atomic E-state index is 0.225. The number of fused-ring (bicyclic) bond motifs is 2. The Morgan fingerprint density at radius 1 is 1.03 bits per heavy atom. The van der Waals surface area contributed by atoms with Gasteiger partial charge in [-0.3, -0.25) is 0 Å². The minimum atomic E-state index is 0.225. The Morgan fingerprint density at radius 3 is 2.36 bits per heavy atom. The van der Waals surface area contributed by atoms with E-state index in [1.807, 2.05) is 12.1 Å². The lowest BCUT2D eigenvalue weighted by Crippen LogP contribution is -2.62. The molecule has 1 aromatic carbocycles. The molecule has 0 radical (unpaired) electrons. The Bertz CT molecular complexity index is 825. The second-order valence-corrected chi connectivity index (χ2v) is 13.7. The highest BCUT2D eigenvalue weighted by molar-refractivity contribution is 6.42. The molecule has 184 valence electrons. The Hall–Kier alpha value is -0.320. The summed E-state index contributed by atoms with van der Waals surface area (Å²) in [5, 5.41) is 5.03. The maximum absolute atomic E-state index is 6.49. The normalized spacial score (nSPS) is 45.1. The second kappa shape index (κ2) is 8.96. The first kappa shape index (κ1) is 24.4. The van der Waals surface area contributed by atoms with Gasteiger partial charge in [-0.15, -0.1) is 0 Å². The van der Waals surface area contributed by atoms with Crippen LogP contribution in [0.1, 0.15) is 90.0 Å². The molecule has 0 aromatic heterocycles. The van der Waals surface area contributed by atoms with E-state index in [0.29, 0.717) is 44.8 Å². The van der Waals surface area contributed by atoms with E-state index < -0.39 is 0 Å². The predicted octanol–water partition coefficient (Wildman–Crippen LogP) is 6.95. The van der Waals surface area contributed by atoms with Crippen molar-refractivity contribution in [3.8, 4) is 0 Å². The van der Waals surface area contributed by atoms with E-state index in [1.165, 1.54) is 63.4 Å². The van der Waals surface area contributed by atoms with Crippen LogP contribution in [0, 0.1) is 22.7 Å². The lowest BCUT2D eigenvalue weighted by molar-refractivity contribution is -0.104. The molecule has 3 nitrogen and oxygen atoms in total. The fraction of sp³-hybridized carbons (Fsp3) is 0.786. The van der Waals surface area contributed by atoms with Gasteiger partial charge in [0.1, 0.15) is 0 Å². The third kappa shape index (κ3) is 5.00. The van der Waals surface area contributed by atoms with E-state index >= 15 is 0 Å².